The van der Waals surface area contributed by atoms with Crippen LogP contribution in [0.15, 0.2) is 58.4 Å². The van der Waals surface area contributed by atoms with E-state index in [1.54, 1.807) is 30.2 Å². The van der Waals surface area contributed by atoms with E-state index in [2.05, 4.69) is 4.99 Å². The summed E-state index contributed by atoms with van der Waals surface area (Å²) >= 11 is 1.31. The van der Waals surface area contributed by atoms with Gasteiger partial charge in [0.1, 0.15) is 0 Å². The predicted octanol–water partition coefficient (Wildman–Crippen LogP) is 3.65. The van der Waals surface area contributed by atoms with Crippen molar-refractivity contribution in [3.05, 3.63) is 59.0 Å². The van der Waals surface area contributed by atoms with E-state index in [1.807, 2.05) is 30.3 Å². The number of hydrogen-bond donors (Lipinski definition) is 1. The van der Waals surface area contributed by atoms with E-state index in [4.69, 9.17) is 9.47 Å². The first-order chi connectivity index (χ1) is 13.1. The Bertz CT molecular complexity index is 881. The van der Waals surface area contributed by atoms with Gasteiger partial charge in [-0.15, -0.1) is 0 Å². The van der Waals surface area contributed by atoms with Crippen LogP contribution in [-0.2, 0) is 9.53 Å². The second-order valence-electron chi connectivity index (χ2n) is 5.72. The number of ether oxygens (including phenoxy) is 2. The number of aliphatic imine (C=N–C) groups is 1. The quantitative estimate of drug-likeness (QED) is 0.770. The number of phenols is 1. The highest BCUT2D eigenvalue weighted by molar-refractivity contribution is 8.18. The van der Waals surface area contributed by atoms with E-state index >= 15 is 0 Å². The molecule has 1 saturated heterocycles. The first-order valence-electron chi connectivity index (χ1n) is 8.33. The highest BCUT2D eigenvalue weighted by atomic mass is 32.2. The largest absolute Gasteiger partial charge is 0.504 e. The van der Waals surface area contributed by atoms with Crippen LogP contribution >= 0.6 is 11.8 Å². The molecule has 0 radical (unpaired) electrons. The van der Waals surface area contributed by atoms with Crippen LogP contribution in [0.4, 0.5) is 5.69 Å². The lowest BCUT2D eigenvalue weighted by Gasteiger charge is -2.14. The van der Waals surface area contributed by atoms with Crippen LogP contribution in [0.1, 0.15) is 5.56 Å². The molecule has 2 aromatic rings. The normalized spacial score (nSPS) is 17.1. The topological polar surface area (TPSA) is 71.4 Å². The van der Waals surface area contributed by atoms with Crippen molar-refractivity contribution in [1.29, 1.82) is 0 Å². The molecule has 0 unspecified atom stereocenters. The number of benzene rings is 2. The zero-order valence-electron chi connectivity index (χ0n) is 15.1. The molecule has 7 heteroatoms. The Morgan fingerprint density at radius 1 is 1.19 bits per heavy atom. The molecule has 0 atom stereocenters. The monoisotopic (exact) mass is 384 g/mol. The molecule has 1 aliphatic rings. The van der Waals surface area contributed by atoms with E-state index in [0.717, 1.165) is 11.3 Å². The summed E-state index contributed by atoms with van der Waals surface area (Å²) in [7, 11) is 3.08. The molecule has 1 heterocycles. The molecular formula is C20H20N2O4S. The second kappa shape index (κ2) is 8.75. The maximum atomic E-state index is 12.9. The van der Waals surface area contributed by atoms with Gasteiger partial charge in [0.25, 0.3) is 5.91 Å². The fraction of sp³-hybridized carbons (Fsp3) is 0.200. The molecule has 3 rings (SSSR count). The lowest BCUT2D eigenvalue weighted by Crippen LogP contribution is -2.32. The molecule has 1 amide bonds. The third kappa shape index (κ3) is 4.50. The summed E-state index contributed by atoms with van der Waals surface area (Å²) in [6, 6.07) is 14.4. The average Bonchev–Trinajstić information content (AvgIpc) is 2.97. The summed E-state index contributed by atoms with van der Waals surface area (Å²) in [5, 5.41) is 10.3. The maximum Gasteiger partial charge on any atom is 0.266 e. The molecule has 0 saturated carbocycles. The molecule has 0 aliphatic carbocycles. The van der Waals surface area contributed by atoms with Gasteiger partial charge < -0.3 is 14.6 Å². The Morgan fingerprint density at radius 2 is 1.96 bits per heavy atom. The number of hydrogen-bond acceptors (Lipinski definition) is 6. The van der Waals surface area contributed by atoms with Crippen LogP contribution in [-0.4, -0.2) is 48.5 Å². The van der Waals surface area contributed by atoms with Crippen molar-refractivity contribution < 1.29 is 19.4 Å². The Labute approximate surface area is 162 Å². The van der Waals surface area contributed by atoms with Crippen molar-refractivity contribution in [2.24, 2.45) is 4.99 Å². The highest BCUT2D eigenvalue weighted by Crippen LogP contribution is 2.35. The van der Waals surface area contributed by atoms with Crippen LogP contribution < -0.4 is 4.74 Å². The minimum absolute atomic E-state index is 0.0538. The van der Waals surface area contributed by atoms with Crippen LogP contribution in [0.5, 0.6) is 11.5 Å². The van der Waals surface area contributed by atoms with Crippen molar-refractivity contribution in [3.8, 4) is 11.5 Å². The van der Waals surface area contributed by atoms with Crippen LogP contribution in [0.3, 0.4) is 0 Å². The Hall–Kier alpha value is -2.77. The van der Waals surface area contributed by atoms with E-state index in [1.165, 1.54) is 24.9 Å². The fourth-order valence-electron chi connectivity index (χ4n) is 2.52. The number of methoxy groups -OCH3 is 2. The van der Waals surface area contributed by atoms with E-state index in [9.17, 15) is 9.90 Å². The van der Waals surface area contributed by atoms with Crippen molar-refractivity contribution in [2.45, 2.75) is 0 Å². The van der Waals surface area contributed by atoms with E-state index < -0.39 is 0 Å². The fourth-order valence-corrected chi connectivity index (χ4v) is 3.54. The molecule has 1 fully saturated rings. The van der Waals surface area contributed by atoms with Gasteiger partial charge in [-0.1, -0.05) is 24.3 Å². The lowest BCUT2D eigenvalue weighted by atomic mass is 10.2. The van der Waals surface area contributed by atoms with Crippen LogP contribution in [0, 0.1) is 0 Å². The number of carbonyl (C=O) groups excluding carboxylic acids is 1. The number of phenolic OH excluding ortho intramolecular Hbond substituents is 1. The molecule has 0 spiro atoms. The van der Waals surface area contributed by atoms with Gasteiger partial charge in [-0.3, -0.25) is 9.69 Å². The van der Waals surface area contributed by atoms with Gasteiger partial charge in [0.05, 0.1) is 30.9 Å². The van der Waals surface area contributed by atoms with Gasteiger partial charge in [-0.2, -0.15) is 0 Å². The summed E-state index contributed by atoms with van der Waals surface area (Å²) in [5.74, 6) is 0.283. The number of amides is 1. The van der Waals surface area contributed by atoms with Gasteiger partial charge in [0, 0.05) is 7.11 Å². The van der Waals surface area contributed by atoms with Gasteiger partial charge in [-0.05, 0) is 47.7 Å². The third-order valence-electron chi connectivity index (χ3n) is 3.89. The molecule has 27 heavy (non-hydrogen) atoms. The number of amidine groups is 1. The van der Waals surface area contributed by atoms with Gasteiger partial charge in [0.15, 0.2) is 16.7 Å². The predicted molar refractivity (Wildman–Crippen MR) is 107 cm³/mol. The summed E-state index contributed by atoms with van der Waals surface area (Å²) in [5.41, 5.74) is 1.54. The smallest absolute Gasteiger partial charge is 0.266 e. The SMILES string of the molecule is COCCN1C(=O)C(=Cc2ccc(O)c(OC)c2)SC1=Nc1ccccc1. The molecule has 0 bridgehead atoms. The molecular weight excluding hydrogens is 364 g/mol. The maximum absolute atomic E-state index is 12.9. The van der Waals surface area contributed by atoms with Gasteiger partial charge in [0.2, 0.25) is 0 Å². The zero-order valence-corrected chi connectivity index (χ0v) is 15.9. The number of rotatable bonds is 6. The molecule has 0 aromatic heterocycles. The number of thioether (sulfide) groups is 1. The average molecular weight is 384 g/mol. The van der Waals surface area contributed by atoms with E-state index in [0.29, 0.717) is 29.0 Å². The Balaban J connectivity index is 1.93. The molecule has 140 valence electrons. The molecule has 2 aromatic carbocycles. The first-order valence-corrected chi connectivity index (χ1v) is 9.15. The van der Waals surface area contributed by atoms with Crippen LogP contribution in [0.2, 0.25) is 0 Å². The zero-order chi connectivity index (χ0) is 19.2. The Kier molecular flexibility index (Phi) is 6.16. The standard InChI is InChI=1S/C20H20N2O4S/c1-25-11-10-22-19(24)18(13-14-8-9-16(23)17(12-14)26-2)27-20(22)21-15-6-4-3-5-7-15/h3-9,12-13,23H,10-11H2,1-2H3. The number of nitrogens with zero attached hydrogens (tertiary/aromatic N) is 2. The van der Waals surface area contributed by atoms with Crippen molar-refractivity contribution in [3.63, 3.8) is 0 Å². The van der Waals surface area contributed by atoms with Gasteiger partial charge >= 0.3 is 0 Å². The molecule has 6 nitrogen and oxygen atoms in total. The Morgan fingerprint density at radius 3 is 2.67 bits per heavy atom. The van der Waals surface area contributed by atoms with Crippen molar-refractivity contribution in [1.82, 2.24) is 4.90 Å². The van der Waals surface area contributed by atoms with Crippen molar-refractivity contribution >= 4 is 34.6 Å². The summed E-state index contributed by atoms with van der Waals surface area (Å²) in [6.07, 6.45) is 1.77. The highest BCUT2D eigenvalue weighted by Gasteiger charge is 2.33. The second-order valence-corrected chi connectivity index (χ2v) is 6.73. The minimum atomic E-state index is -0.126. The van der Waals surface area contributed by atoms with Crippen LogP contribution in [0.25, 0.3) is 6.08 Å². The molecule has 1 aliphatic heterocycles. The van der Waals surface area contributed by atoms with E-state index in [-0.39, 0.29) is 11.7 Å². The van der Waals surface area contributed by atoms with Gasteiger partial charge in [-0.25, -0.2) is 4.99 Å². The number of aromatic hydroxyl groups is 1. The minimum Gasteiger partial charge on any atom is -0.504 e. The summed E-state index contributed by atoms with van der Waals surface area (Å²) in [4.78, 5) is 19.6. The summed E-state index contributed by atoms with van der Waals surface area (Å²) < 4.78 is 10.3. The number of para-hydroxylation sites is 1. The number of carbonyl (C=O) groups is 1. The lowest BCUT2D eigenvalue weighted by molar-refractivity contribution is -0.122. The van der Waals surface area contributed by atoms with Crippen molar-refractivity contribution in [2.75, 3.05) is 27.4 Å². The summed E-state index contributed by atoms with van der Waals surface area (Å²) in [6.45, 7) is 0.838. The third-order valence-corrected chi connectivity index (χ3v) is 4.90. The first kappa shape index (κ1) is 19.0. The molecule has 1 N–H and O–H groups in total.